The molecule has 1 aromatic heterocycles. The van der Waals surface area contributed by atoms with Crippen LogP contribution in [0.5, 0.6) is 0 Å². The van der Waals surface area contributed by atoms with Gasteiger partial charge in [0, 0.05) is 22.7 Å². The minimum absolute atomic E-state index is 0.0402. The smallest absolute Gasteiger partial charge is 0.264 e. The number of carbonyl (C=O) groups is 1. The summed E-state index contributed by atoms with van der Waals surface area (Å²) in [5, 5.41) is 9.63. The molecule has 1 aromatic carbocycles. The summed E-state index contributed by atoms with van der Waals surface area (Å²) in [6, 6.07) is 6.73. The first-order valence-electron chi connectivity index (χ1n) is 6.80. The molecule has 3 nitrogen and oxygen atoms in total. The molecule has 0 saturated heterocycles. The molecule has 0 bridgehead atoms. The highest BCUT2D eigenvalue weighted by molar-refractivity contribution is 7.20. The number of hydrogen-bond donors (Lipinski definition) is 1. The van der Waals surface area contributed by atoms with Crippen molar-refractivity contribution in [2.24, 2.45) is 0 Å². The number of carbonyl (C=O) groups excluding carboxylic acids is 1. The summed E-state index contributed by atoms with van der Waals surface area (Å²) in [6.45, 7) is 0.307. The zero-order chi connectivity index (χ0) is 14.1. The summed E-state index contributed by atoms with van der Waals surface area (Å²) in [5.74, 6) is -0.389. The molecule has 106 valence electrons. The first-order valence-corrected chi connectivity index (χ1v) is 7.62. The highest BCUT2D eigenvalue weighted by atomic mass is 32.1. The number of nitrogens with zero attached hydrogens (tertiary/aromatic N) is 1. The number of rotatable bonds is 4. The van der Waals surface area contributed by atoms with Crippen molar-refractivity contribution in [2.45, 2.75) is 25.3 Å². The summed E-state index contributed by atoms with van der Waals surface area (Å²) < 4.78 is 14.5. The summed E-state index contributed by atoms with van der Waals surface area (Å²) in [5.41, 5.74) is 0. The number of benzene rings is 1. The third-order valence-corrected chi connectivity index (χ3v) is 4.92. The van der Waals surface area contributed by atoms with E-state index >= 15 is 0 Å². The van der Waals surface area contributed by atoms with Gasteiger partial charge in [-0.05, 0) is 37.5 Å². The maximum atomic E-state index is 13.7. The van der Waals surface area contributed by atoms with E-state index in [4.69, 9.17) is 5.11 Å². The minimum atomic E-state index is -0.296. The van der Waals surface area contributed by atoms with Crippen molar-refractivity contribution in [3.8, 4) is 0 Å². The Hall–Kier alpha value is -1.46. The number of fused-ring (bicyclic) bond motifs is 1. The van der Waals surface area contributed by atoms with Crippen LogP contribution in [0.4, 0.5) is 4.39 Å². The van der Waals surface area contributed by atoms with Gasteiger partial charge in [0.05, 0.1) is 11.5 Å². The summed E-state index contributed by atoms with van der Waals surface area (Å²) in [7, 11) is 0. The van der Waals surface area contributed by atoms with Crippen LogP contribution in [0.1, 0.15) is 28.9 Å². The van der Waals surface area contributed by atoms with Crippen molar-refractivity contribution in [2.75, 3.05) is 13.2 Å². The predicted molar refractivity (Wildman–Crippen MR) is 77.5 cm³/mol. The molecule has 5 heteroatoms. The van der Waals surface area contributed by atoms with Gasteiger partial charge in [-0.1, -0.05) is 6.07 Å². The average Bonchev–Trinajstić information content (AvgIpc) is 2.81. The van der Waals surface area contributed by atoms with E-state index in [1.165, 1.54) is 17.4 Å². The van der Waals surface area contributed by atoms with Gasteiger partial charge in [0.2, 0.25) is 0 Å². The third kappa shape index (κ3) is 2.31. The van der Waals surface area contributed by atoms with Crippen LogP contribution < -0.4 is 0 Å². The molecule has 0 atom stereocenters. The fourth-order valence-corrected chi connectivity index (χ4v) is 3.56. The van der Waals surface area contributed by atoms with E-state index < -0.39 is 0 Å². The molecule has 0 radical (unpaired) electrons. The fraction of sp³-hybridized carbons (Fsp3) is 0.400. The number of halogens is 1. The molecular weight excluding hydrogens is 277 g/mol. The molecular formula is C15H16FNO2S. The second kappa shape index (κ2) is 5.50. The first kappa shape index (κ1) is 13.5. The highest BCUT2D eigenvalue weighted by Crippen LogP contribution is 2.31. The van der Waals surface area contributed by atoms with E-state index in [9.17, 15) is 9.18 Å². The molecule has 0 unspecified atom stereocenters. The molecule has 20 heavy (non-hydrogen) atoms. The molecule has 2 aromatic rings. The maximum Gasteiger partial charge on any atom is 0.264 e. The number of aliphatic hydroxyl groups excluding tert-OH is 1. The van der Waals surface area contributed by atoms with Gasteiger partial charge < -0.3 is 10.0 Å². The molecule has 1 heterocycles. The van der Waals surface area contributed by atoms with Crippen LogP contribution in [0.25, 0.3) is 10.1 Å². The summed E-state index contributed by atoms with van der Waals surface area (Å²) >= 11 is 1.31. The molecule has 0 spiro atoms. The van der Waals surface area contributed by atoms with Crippen molar-refractivity contribution in [1.29, 1.82) is 0 Å². The van der Waals surface area contributed by atoms with Crippen molar-refractivity contribution < 1.29 is 14.3 Å². The van der Waals surface area contributed by atoms with Crippen molar-refractivity contribution >= 4 is 27.3 Å². The Balaban J connectivity index is 1.92. The summed E-state index contributed by atoms with van der Waals surface area (Å²) in [6.07, 6.45) is 3.11. The molecule has 1 fully saturated rings. The van der Waals surface area contributed by atoms with Crippen LogP contribution in [0.15, 0.2) is 24.3 Å². The fourth-order valence-electron chi connectivity index (χ4n) is 2.53. The summed E-state index contributed by atoms with van der Waals surface area (Å²) in [4.78, 5) is 14.8. The van der Waals surface area contributed by atoms with Crippen LogP contribution in [0.3, 0.4) is 0 Å². The average molecular weight is 293 g/mol. The van der Waals surface area contributed by atoms with Gasteiger partial charge in [-0.3, -0.25) is 4.79 Å². The molecule has 1 saturated carbocycles. The molecule has 3 rings (SSSR count). The van der Waals surface area contributed by atoms with E-state index in [0.717, 1.165) is 24.0 Å². The van der Waals surface area contributed by atoms with E-state index in [1.807, 2.05) is 6.07 Å². The topological polar surface area (TPSA) is 40.5 Å². The van der Waals surface area contributed by atoms with Crippen molar-refractivity contribution in [3.05, 3.63) is 35.0 Å². The van der Waals surface area contributed by atoms with Crippen molar-refractivity contribution in [1.82, 2.24) is 4.90 Å². The van der Waals surface area contributed by atoms with Crippen LogP contribution in [0, 0.1) is 5.82 Å². The third-order valence-electron chi connectivity index (χ3n) is 3.84. The highest BCUT2D eigenvalue weighted by Gasteiger charge is 2.29. The lowest BCUT2D eigenvalue weighted by atomic mass is 9.91. The lowest BCUT2D eigenvalue weighted by Gasteiger charge is -2.37. The van der Waals surface area contributed by atoms with Crippen molar-refractivity contribution in [3.63, 3.8) is 0 Å². The normalized spacial score (nSPS) is 15.3. The zero-order valence-electron chi connectivity index (χ0n) is 11.0. The zero-order valence-corrected chi connectivity index (χ0v) is 11.8. The van der Waals surface area contributed by atoms with Crippen LogP contribution in [-0.2, 0) is 0 Å². The molecule has 0 aliphatic heterocycles. The van der Waals surface area contributed by atoms with Crippen LogP contribution >= 0.6 is 11.3 Å². The van der Waals surface area contributed by atoms with Gasteiger partial charge >= 0.3 is 0 Å². The largest absolute Gasteiger partial charge is 0.395 e. The minimum Gasteiger partial charge on any atom is -0.395 e. The lowest BCUT2D eigenvalue weighted by molar-refractivity contribution is 0.0531. The number of aliphatic hydroxyl groups is 1. The van der Waals surface area contributed by atoms with Gasteiger partial charge in [0.1, 0.15) is 5.82 Å². The van der Waals surface area contributed by atoms with Gasteiger partial charge in [0.25, 0.3) is 5.91 Å². The van der Waals surface area contributed by atoms with E-state index in [2.05, 4.69) is 0 Å². The van der Waals surface area contributed by atoms with E-state index in [1.54, 1.807) is 17.0 Å². The predicted octanol–water partition coefficient (Wildman–Crippen LogP) is 3.03. The number of thiophene rings is 1. The van der Waals surface area contributed by atoms with Gasteiger partial charge in [-0.15, -0.1) is 11.3 Å². The van der Waals surface area contributed by atoms with E-state index in [-0.39, 0.29) is 24.4 Å². The monoisotopic (exact) mass is 293 g/mol. The molecule has 1 amide bonds. The second-order valence-corrected chi connectivity index (χ2v) is 6.15. The number of hydrogen-bond acceptors (Lipinski definition) is 3. The SMILES string of the molecule is O=C(c1cc2c(F)cccc2s1)N(CCO)C1CCC1. The van der Waals surface area contributed by atoms with Gasteiger partial charge in [-0.25, -0.2) is 4.39 Å². The second-order valence-electron chi connectivity index (χ2n) is 5.07. The molecule has 1 N–H and O–H groups in total. The first-order chi connectivity index (χ1) is 9.70. The quantitative estimate of drug-likeness (QED) is 0.941. The Morgan fingerprint density at radius 3 is 2.85 bits per heavy atom. The van der Waals surface area contributed by atoms with Gasteiger partial charge in [0.15, 0.2) is 0 Å². The Morgan fingerprint density at radius 2 is 2.25 bits per heavy atom. The standard InChI is InChI=1S/C15H16FNO2S/c16-12-5-2-6-13-11(12)9-14(20-13)15(19)17(7-8-18)10-3-1-4-10/h2,5-6,9-10,18H,1,3-4,7-8H2. The molecule has 1 aliphatic carbocycles. The van der Waals surface area contributed by atoms with Gasteiger partial charge in [-0.2, -0.15) is 0 Å². The Labute approximate surface area is 120 Å². The van der Waals surface area contributed by atoms with Crippen LogP contribution in [-0.4, -0.2) is 35.1 Å². The van der Waals surface area contributed by atoms with E-state index in [0.29, 0.717) is 16.8 Å². The Morgan fingerprint density at radius 1 is 1.45 bits per heavy atom. The Kier molecular flexibility index (Phi) is 3.72. The Bertz CT molecular complexity index is 636. The van der Waals surface area contributed by atoms with Crippen LogP contribution in [0.2, 0.25) is 0 Å². The number of amides is 1. The lowest BCUT2D eigenvalue weighted by Crippen LogP contribution is -2.45. The maximum absolute atomic E-state index is 13.7. The molecule has 1 aliphatic rings.